The molecule has 5 saturated heterocycles. The van der Waals surface area contributed by atoms with Crippen LogP contribution in [0.3, 0.4) is 0 Å². The van der Waals surface area contributed by atoms with Gasteiger partial charge in [0.1, 0.15) is 34.6 Å². The van der Waals surface area contributed by atoms with Gasteiger partial charge in [-0.1, -0.05) is 127 Å². The number of aliphatic hydroxyl groups is 3. The molecule has 32 heteroatoms. The van der Waals surface area contributed by atoms with Crippen molar-refractivity contribution in [3.05, 3.63) is 174 Å². The van der Waals surface area contributed by atoms with E-state index in [1.165, 1.54) is 136 Å². The number of rotatable bonds is 28. The molecule has 5 fully saturated rings. The first-order valence-corrected chi connectivity index (χ1v) is 47.4. The summed E-state index contributed by atoms with van der Waals surface area (Å²) in [7, 11) is 6.95. The Morgan fingerprint density at radius 3 is 1.44 bits per heavy atom. The van der Waals surface area contributed by atoms with Crippen molar-refractivity contribution in [1.29, 1.82) is 0 Å². The average Bonchev–Trinajstić information content (AvgIpc) is 1.32. The molecular weight excluding hydrogens is 1980 g/mol. The molecule has 123 heavy (non-hydrogen) atoms. The van der Waals surface area contributed by atoms with Crippen LogP contribution in [0.4, 0.5) is 27.1 Å². The van der Waals surface area contributed by atoms with Gasteiger partial charge in [-0.3, -0.25) is 29.6 Å². The Hall–Kier alpha value is -6.59. The van der Waals surface area contributed by atoms with E-state index in [-0.39, 0.29) is 34.0 Å². The predicted molar refractivity (Wildman–Crippen MR) is 526 cm³/mol. The quantitative estimate of drug-likeness (QED) is 0.00598. The Kier molecular flexibility index (Phi) is 59.5. The number of nitrogens with two attached hydrogens (primary N) is 2. The van der Waals surface area contributed by atoms with Gasteiger partial charge < -0.3 is 85.2 Å². The molecule has 27 nitrogen and oxygen atoms in total. The third-order valence-electron chi connectivity index (χ3n) is 20.8. The number of nitrogen functional groups attached to an aromatic ring is 2. The van der Waals surface area contributed by atoms with E-state index in [0.717, 1.165) is 148 Å². The standard InChI is InChI=1S/C26H33N3O2.C15H22N2O4.C15H24N2O2.C8H9NO2.C8H17NO.C7H6FNO3.C5H11N.C3H7BrO.C2H6.CHI3.CH4O/c1-18-10-12-23-22(16-18)26(30)29(20(3)27-23)24-13-11-21(17-25(24)31-4)9-5-6-14-28-15-7-8-19(28)2;1-12-5-3-8-16(12)9-4-10-21-13-6-7-14(17(18)19)15(11-13)20-2;1-12-5-3-8-17(12)9-4-10-19-13-6-7-14(16)15(11-13)18-2;1-5-2-3-7(9)6(4-5)8(10)11;1-8-4-2-5-9(8)6-3-7-10;1-12-7-4-5(8)2-3-6(7)9(10)11;1-5-3-2-4-6-5;4-2-1-3-5;1-2;2-1(3)4;1-2/h10-13,16-17,19H,5-9,14-15H2,1-4H3;6-7,11-12H,3-5,8-10H2,1-2H3;6-7,11-12H,3-5,8-10,16H2,1-2H3;2-4H,9H2,1H3,(H,10,11);8,10H,2-7H2,1H3;2-4H,1H3;5-6H,2-4H2,1H3;5H,1-3H2;1-2H3;1H;2H,1H3/t19-;2*12-;;8-;;5-;;;;/m000.0.0..../s1. The molecule has 9 N–H and O–H groups in total. The zero-order chi connectivity index (χ0) is 91.9. The van der Waals surface area contributed by atoms with Crippen molar-refractivity contribution in [3.63, 3.8) is 0 Å². The van der Waals surface area contributed by atoms with E-state index >= 15 is 0 Å². The largest absolute Gasteiger partial charge is 0.495 e. The summed E-state index contributed by atoms with van der Waals surface area (Å²) in [6.45, 7) is 33.6. The van der Waals surface area contributed by atoms with Gasteiger partial charge in [-0.15, -0.1) is 0 Å². The normalized spacial score (nSPS) is 16.9. The Labute approximate surface area is 779 Å². The maximum atomic E-state index is 13.3. The topological polar surface area (TPSA) is 352 Å². The summed E-state index contributed by atoms with van der Waals surface area (Å²) in [4.78, 5) is 58.5. The molecule has 5 atom stereocenters. The van der Waals surface area contributed by atoms with Gasteiger partial charge in [-0.25, -0.2) is 14.2 Å². The first-order valence-electron chi connectivity index (χ1n) is 42.5. The number of halogens is 5. The number of anilines is 2. The molecule has 690 valence electrons. The highest BCUT2D eigenvalue weighted by atomic mass is 127. The number of alkyl halides is 4. The van der Waals surface area contributed by atoms with Crippen molar-refractivity contribution < 1.29 is 67.9 Å². The molecule has 6 heterocycles. The number of aromatic carboxylic acids is 1. The highest BCUT2D eigenvalue weighted by Gasteiger charge is 2.24. The molecule has 5 aliphatic rings. The number of hydrogen-bond acceptors (Lipinski definition) is 23. The predicted octanol–water partition coefficient (Wildman–Crippen LogP) is 18.8. The zero-order valence-electron chi connectivity index (χ0n) is 75.1. The molecule has 5 aliphatic heterocycles. The number of aromatic nitrogens is 2. The Bertz CT molecular complexity index is 4190. The summed E-state index contributed by atoms with van der Waals surface area (Å²) in [5.74, 6) is 2.09. The Morgan fingerprint density at radius 1 is 0.577 bits per heavy atom. The molecular formula is C91H140BrFI3N11O16. The number of aryl methyl sites for hydroxylation is 4. The summed E-state index contributed by atoms with van der Waals surface area (Å²) >= 11 is 10.1. The van der Waals surface area contributed by atoms with Gasteiger partial charge in [0.25, 0.3) is 5.56 Å². The van der Waals surface area contributed by atoms with Gasteiger partial charge in [0.05, 0.1) is 79.3 Å². The maximum absolute atomic E-state index is 13.3. The summed E-state index contributed by atoms with van der Waals surface area (Å²) < 4.78 is 46.8. The van der Waals surface area contributed by atoms with E-state index in [2.05, 4.69) is 165 Å². The first kappa shape index (κ1) is 112. The number of carboxylic acids is 1. The molecule has 0 unspecified atom stereocenters. The van der Waals surface area contributed by atoms with E-state index in [9.17, 15) is 34.2 Å². The van der Waals surface area contributed by atoms with E-state index in [4.69, 9.17) is 55.6 Å². The number of carboxylic acid groups (broad SMARTS) is 1. The minimum absolute atomic E-state index is 0.0456. The second-order valence-corrected chi connectivity index (χ2v) is 41.5. The van der Waals surface area contributed by atoms with E-state index < -0.39 is 21.6 Å². The van der Waals surface area contributed by atoms with E-state index in [1.54, 1.807) is 49.1 Å². The monoisotopic (exact) mass is 2120 g/mol. The number of aliphatic hydroxyl groups excluding tert-OH is 3. The fraction of sp³-hybridized carbons (Fsp3) is 0.571. The highest BCUT2D eigenvalue weighted by molar-refractivity contribution is 14.3. The summed E-state index contributed by atoms with van der Waals surface area (Å²) in [5, 5.41) is 58.2. The average molecular weight is 2120 g/mol. The number of nitro benzene ring substituents is 2. The van der Waals surface area contributed by atoms with Crippen molar-refractivity contribution in [3.8, 4) is 40.2 Å². The number of nitrogens with one attached hydrogen (secondary N) is 1. The minimum Gasteiger partial charge on any atom is -0.495 e. The number of benzene rings is 6. The molecule has 0 saturated carbocycles. The fourth-order valence-electron chi connectivity index (χ4n) is 14.1. The third-order valence-corrected chi connectivity index (χ3v) is 21.4. The summed E-state index contributed by atoms with van der Waals surface area (Å²) in [6, 6.07) is 33.8. The van der Waals surface area contributed by atoms with Crippen molar-refractivity contribution >= 4 is 123 Å². The van der Waals surface area contributed by atoms with Crippen LogP contribution in [0, 0.1) is 46.8 Å². The molecule has 0 radical (unpaired) electrons. The van der Waals surface area contributed by atoms with Gasteiger partial charge in [0.2, 0.25) is 5.75 Å². The second kappa shape index (κ2) is 65.0. The second-order valence-electron chi connectivity index (χ2n) is 29.8. The van der Waals surface area contributed by atoms with Gasteiger partial charge in [-0.2, -0.15) is 0 Å². The lowest BCUT2D eigenvalue weighted by Crippen LogP contribution is -2.28. The number of unbranched alkanes of at least 4 members (excludes halogenated alkanes) is 1. The number of nitro groups is 2. The summed E-state index contributed by atoms with van der Waals surface area (Å²) in [5.41, 5.74) is 16.6. The molecule has 1 aromatic heterocycles. The number of carbonyl (C=O) groups is 1. The Morgan fingerprint density at radius 2 is 1.02 bits per heavy atom. The van der Waals surface area contributed by atoms with Crippen LogP contribution in [0.1, 0.15) is 184 Å². The van der Waals surface area contributed by atoms with Crippen LogP contribution in [0.25, 0.3) is 16.6 Å². The maximum Gasteiger partial charge on any atom is 0.337 e. The van der Waals surface area contributed by atoms with Gasteiger partial charge >= 0.3 is 17.3 Å². The van der Waals surface area contributed by atoms with Crippen molar-refractivity contribution in [1.82, 2.24) is 34.5 Å². The van der Waals surface area contributed by atoms with Crippen LogP contribution < -0.4 is 50.8 Å². The van der Waals surface area contributed by atoms with Crippen LogP contribution in [0.5, 0.6) is 34.5 Å². The molecule has 0 spiro atoms. The van der Waals surface area contributed by atoms with E-state index in [0.29, 0.717) is 65.7 Å². The molecule has 7 aromatic rings. The smallest absolute Gasteiger partial charge is 0.337 e. The number of fused-ring (bicyclic) bond motifs is 1. The van der Waals surface area contributed by atoms with Crippen LogP contribution >= 0.6 is 83.7 Å². The molecule has 0 aliphatic carbocycles. The van der Waals surface area contributed by atoms with Crippen LogP contribution in [0.15, 0.2) is 114 Å². The van der Waals surface area contributed by atoms with Crippen molar-refractivity contribution in [2.45, 2.75) is 209 Å². The van der Waals surface area contributed by atoms with Crippen LogP contribution in [0.2, 0.25) is 0 Å². The number of hydrogen-bond donors (Lipinski definition) is 7. The first-order chi connectivity index (χ1) is 58.9. The van der Waals surface area contributed by atoms with Gasteiger partial charge in [0, 0.05) is 112 Å². The highest BCUT2D eigenvalue weighted by Crippen LogP contribution is 2.33. The van der Waals surface area contributed by atoms with Crippen molar-refractivity contribution in [2.75, 3.05) is 138 Å². The number of ether oxygens (including phenoxy) is 6. The van der Waals surface area contributed by atoms with Crippen LogP contribution in [-0.4, -0.2) is 222 Å². The zero-order valence-corrected chi connectivity index (χ0v) is 83.1. The molecule has 12 rings (SSSR count). The lowest BCUT2D eigenvalue weighted by Gasteiger charge is -2.20. The molecule has 0 bridgehead atoms. The molecule has 0 amide bonds. The minimum atomic E-state index is -0.980. The van der Waals surface area contributed by atoms with Gasteiger partial charge in [0.15, 0.2) is 5.75 Å². The van der Waals surface area contributed by atoms with Gasteiger partial charge in [-0.05, 0) is 270 Å². The third kappa shape index (κ3) is 43.2. The number of likely N-dealkylation sites (tertiary alicyclic amines) is 4. The Balaban J connectivity index is 0.000000496. The number of methoxy groups -OCH3 is 4. The van der Waals surface area contributed by atoms with Crippen molar-refractivity contribution in [2.24, 2.45) is 0 Å². The lowest BCUT2D eigenvalue weighted by molar-refractivity contribution is -0.385. The van der Waals surface area contributed by atoms with Crippen LogP contribution in [-0.2, 0) is 6.42 Å². The number of nitrogens with zero attached hydrogens (tertiary/aromatic N) is 8. The fourth-order valence-corrected chi connectivity index (χ4v) is 14.4. The lowest BCUT2D eigenvalue weighted by atomic mass is 10.1. The molecule has 6 aromatic carbocycles. The SMILES string of the molecule is CC.CO.COc1cc(CCCCN2CCC[C@@H]2C)ccc1-n1c(C)nc2ccc(C)cc2c1=O.COc1cc(F)ccc1[N+](=O)[O-].COc1cc(OCCCN2CCC[C@@H]2C)ccc1N.COc1cc(OCCCN2CCC[C@@H]2C)ccc1[N+](=O)[O-].C[C@H]1CCCN1.C[C@H]1CCCN1CCCO.Cc1ccc(N)c(C(=O)O)c1.IC(I)I.OCCCBr. The van der Waals surface area contributed by atoms with E-state index in [1.807, 2.05) is 77.1 Å². The summed E-state index contributed by atoms with van der Waals surface area (Å²) in [6.07, 6.45) is 20.5.